The van der Waals surface area contributed by atoms with Crippen LogP contribution in [0, 0.1) is 0 Å². The smallest absolute Gasteiger partial charge is 0.270 e. The number of likely N-dealkylation sites (N-methyl/N-ethyl adjacent to an activating group) is 2. The highest BCUT2D eigenvalue weighted by Crippen LogP contribution is 2.39. The van der Waals surface area contributed by atoms with Gasteiger partial charge in [0.25, 0.3) is 11.5 Å². The average Bonchev–Trinajstić information content (AvgIpc) is 3.40. The first-order valence-corrected chi connectivity index (χ1v) is 14.5. The summed E-state index contributed by atoms with van der Waals surface area (Å²) >= 11 is 8.79. The summed E-state index contributed by atoms with van der Waals surface area (Å²) in [6.45, 7) is 2.82. The van der Waals surface area contributed by atoms with Gasteiger partial charge in [0.1, 0.15) is 11.8 Å². The van der Waals surface area contributed by atoms with Gasteiger partial charge in [0, 0.05) is 55.1 Å². The number of hydrogen-bond donors (Lipinski definition) is 4. The van der Waals surface area contributed by atoms with Gasteiger partial charge in [-0.2, -0.15) is 0 Å². The van der Waals surface area contributed by atoms with Crippen LogP contribution in [0.25, 0.3) is 22.2 Å². The van der Waals surface area contributed by atoms with Crippen LogP contribution in [0.1, 0.15) is 6.92 Å². The summed E-state index contributed by atoms with van der Waals surface area (Å²) in [5, 5.41) is 9.32. The zero-order valence-corrected chi connectivity index (χ0v) is 26.7. The van der Waals surface area contributed by atoms with E-state index in [-0.39, 0.29) is 0 Å². The maximum atomic E-state index is 13.2. The second kappa shape index (κ2) is 14.0. The first-order chi connectivity index (χ1) is 20.5. The Bertz CT molecular complexity index is 1620. The highest BCUT2D eigenvalue weighted by molar-refractivity contribution is 9.10. The Kier molecular flexibility index (Phi) is 10.4. The molecule has 4 N–H and O–H groups in total. The average molecular weight is 676 g/mol. The van der Waals surface area contributed by atoms with Gasteiger partial charge in [-0.05, 0) is 49.1 Å². The van der Waals surface area contributed by atoms with Crippen LogP contribution in [0.15, 0.2) is 53.3 Å². The summed E-state index contributed by atoms with van der Waals surface area (Å²) in [7, 11) is 7.36. The standard InChI is InChI=1S/C29H33BrClFN8O3/c1-16(35-28(42)26(31)32)27(41)36-21-12-22(24(43-5)13-23(21)40(4)11-10-39(2)3)37-29-34-15-19(30)25(38-29)18-14-33-20-9-7-6-8-17(18)20/h6-9,12-16,26,33H,10-11H2,1-5H3,(H,35,42)(H,36,41)(H,34,37,38)/t16-,26?/m0/s1. The molecule has 0 saturated carbocycles. The minimum Gasteiger partial charge on any atom is -0.494 e. The molecule has 14 heteroatoms. The van der Waals surface area contributed by atoms with Crippen molar-refractivity contribution in [3.8, 4) is 17.0 Å². The number of amides is 2. The second-order valence-electron chi connectivity index (χ2n) is 10.1. The van der Waals surface area contributed by atoms with E-state index in [1.165, 1.54) is 6.92 Å². The van der Waals surface area contributed by atoms with Gasteiger partial charge in [-0.3, -0.25) is 9.59 Å². The number of para-hydroxylation sites is 1. The maximum Gasteiger partial charge on any atom is 0.270 e. The third kappa shape index (κ3) is 7.72. The van der Waals surface area contributed by atoms with Crippen molar-refractivity contribution in [2.75, 3.05) is 56.9 Å². The summed E-state index contributed by atoms with van der Waals surface area (Å²) < 4.78 is 19.6. The number of fused-ring (bicyclic) bond motifs is 1. The summed E-state index contributed by atoms with van der Waals surface area (Å²) in [4.78, 5) is 41.3. The molecule has 0 saturated heterocycles. The van der Waals surface area contributed by atoms with Crippen LogP contribution in [-0.2, 0) is 9.59 Å². The van der Waals surface area contributed by atoms with Crippen molar-refractivity contribution in [2.24, 2.45) is 0 Å². The number of ether oxygens (including phenoxy) is 1. The number of rotatable bonds is 12. The molecule has 4 aromatic rings. The number of alkyl halides is 2. The van der Waals surface area contributed by atoms with Gasteiger partial charge in [-0.1, -0.05) is 29.8 Å². The van der Waals surface area contributed by atoms with E-state index >= 15 is 0 Å². The molecule has 1 unspecified atom stereocenters. The number of nitrogens with zero attached hydrogens (tertiary/aromatic N) is 4. The molecular formula is C29H33BrClFN8O3. The van der Waals surface area contributed by atoms with Crippen LogP contribution in [-0.4, -0.2) is 84.7 Å². The van der Waals surface area contributed by atoms with E-state index in [4.69, 9.17) is 21.3 Å². The van der Waals surface area contributed by atoms with Gasteiger partial charge in [0.2, 0.25) is 11.9 Å². The highest BCUT2D eigenvalue weighted by atomic mass is 79.9. The zero-order valence-electron chi connectivity index (χ0n) is 24.3. The second-order valence-corrected chi connectivity index (χ2v) is 11.3. The molecule has 2 aromatic carbocycles. The van der Waals surface area contributed by atoms with Gasteiger partial charge in [-0.25, -0.2) is 14.4 Å². The van der Waals surface area contributed by atoms with Crippen molar-refractivity contribution in [1.29, 1.82) is 0 Å². The number of benzene rings is 2. The molecule has 0 spiro atoms. The van der Waals surface area contributed by atoms with Crippen LogP contribution in [0.4, 0.5) is 27.4 Å². The van der Waals surface area contributed by atoms with Crippen molar-refractivity contribution in [3.63, 3.8) is 0 Å². The first kappa shape index (κ1) is 32.0. The van der Waals surface area contributed by atoms with Gasteiger partial charge in [0.05, 0.1) is 34.3 Å². The molecule has 2 atom stereocenters. The number of nitrogens with one attached hydrogen (secondary N) is 4. The number of H-pyrrole nitrogens is 1. The van der Waals surface area contributed by atoms with E-state index in [1.807, 2.05) is 61.4 Å². The molecule has 11 nitrogen and oxygen atoms in total. The molecule has 0 bridgehead atoms. The van der Waals surface area contributed by atoms with Gasteiger partial charge in [0.15, 0.2) is 0 Å². The minimum absolute atomic E-state index is 0.296. The number of aromatic amines is 1. The quantitative estimate of drug-likeness (QED) is 0.153. The van der Waals surface area contributed by atoms with E-state index in [0.717, 1.165) is 23.0 Å². The number of anilines is 4. The lowest BCUT2D eigenvalue weighted by Gasteiger charge is -2.26. The summed E-state index contributed by atoms with van der Waals surface area (Å²) in [5.41, 5.74) is 1.86. The molecule has 0 aliphatic rings. The van der Waals surface area contributed by atoms with Crippen LogP contribution in [0.3, 0.4) is 0 Å². The van der Waals surface area contributed by atoms with Gasteiger partial charge >= 0.3 is 0 Å². The molecule has 0 fully saturated rings. The van der Waals surface area contributed by atoms with Gasteiger partial charge < -0.3 is 35.5 Å². The van der Waals surface area contributed by atoms with Crippen LogP contribution in [0.2, 0.25) is 0 Å². The minimum atomic E-state index is -2.26. The Morgan fingerprint density at radius 3 is 2.58 bits per heavy atom. The molecule has 0 aliphatic carbocycles. The molecule has 2 amide bonds. The molecule has 2 heterocycles. The lowest BCUT2D eigenvalue weighted by Crippen LogP contribution is -2.44. The number of aromatic nitrogens is 3. The third-order valence-electron chi connectivity index (χ3n) is 6.65. The predicted octanol–water partition coefficient (Wildman–Crippen LogP) is 5.12. The topological polar surface area (TPSA) is 128 Å². The van der Waals surface area contributed by atoms with E-state index in [9.17, 15) is 14.0 Å². The summed E-state index contributed by atoms with van der Waals surface area (Å²) in [6, 6.07) is 10.3. The third-order valence-corrected chi connectivity index (χ3v) is 7.43. The molecule has 0 radical (unpaired) electrons. The first-order valence-electron chi connectivity index (χ1n) is 13.3. The Labute approximate surface area is 262 Å². The molecule has 0 aliphatic heterocycles. The van der Waals surface area contributed by atoms with E-state index in [2.05, 4.69) is 41.8 Å². The largest absolute Gasteiger partial charge is 0.494 e. The van der Waals surface area contributed by atoms with Crippen LogP contribution < -0.4 is 25.6 Å². The monoisotopic (exact) mass is 674 g/mol. The normalized spacial score (nSPS) is 12.6. The van der Waals surface area contributed by atoms with Crippen LogP contribution in [0.5, 0.6) is 5.75 Å². The lowest BCUT2D eigenvalue weighted by molar-refractivity contribution is -0.127. The van der Waals surface area contributed by atoms with Crippen molar-refractivity contribution in [3.05, 3.63) is 53.3 Å². The van der Waals surface area contributed by atoms with Crippen molar-refractivity contribution in [1.82, 2.24) is 25.2 Å². The molecule has 4 rings (SSSR count). The Morgan fingerprint density at radius 2 is 1.88 bits per heavy atom. The summed E-state index contributed by atoms with van der Waals surface area (Å²) in [5.74, 6) is -0.883. The number of hydrogen-bond acceptors (Lipinski definition) is 8. The summed E-state index contributed by atoms with van der Waals surface area (Å²) in [6.07, 6.45) is 3.55. The SMILES string of the molecule is COc1cc(N(C)CCN(C)C)c(NC(=O)[C@H](C)NC(=O)C(F)Cl)cc1Nc1ncc(Br)c(-c2c[nH]c3ccccc23)n1. The van der Waals surface area contributed by atoms with E-state index in [0.29, 0.717) is 45.5 Å². The lowest BCUT2D eigenvalue weighted by atomic mass is 10.1. The number of carbonyl (C=O) groups excluding carboxylic acids is 2. The van der Waals surface area contributed by atoms with Crippen molar-refractivity contribution >= 4 is 73.3 Å². The number of carbonyl (C=O) groups is 2. The predicted molar refractivity (Wildman–Crippen MR) is 172 cm³/mol. The Balaban J connectivity index is 1.70. The fourth-order valence-electron chi connectivity index (χ4n) is 4.31. The Morgan fingerprint density at radius 1 is 1.14 bits per heavy atom. The molecule has 2 aromatic heterocycles. The van der Waals surface area contributed by atoms with E-state index < -0.39 is 23.5 Å². The molecular weight excluding hydrogens is 643 g/mol. The Hall–Kier alpha value is -3.94. The fraction of sp³-hybridized carbons (Fsp3) is 0.310. The maximum absolute atomic E-state index is 13.2. The van der Waals surface area contributed by atoms with Crippen molar-refractivity contribution < 1.29 is 18.7 Å². The fourth-order valence-corrected chi connectivity index (χ4v) is 4.78. The molecule has 228 valence electrons. The highest BCUT2D eigenvalue weighted by Gasteiger charge is 2.23. The van der Waals surface area contributed by atoms with Crippen molar-refractivity contribution in [2.45, 2.75) is 18.6 Å². The zero-order chi connectivity index (χ0) is 31.3. The van der Waals surface area contributed by atoms with E-state index in [1.54, 1.807) is 25.4 Å². The van der Waals surface area contributed by atoms with Crippen LogP contribution >= 0.6 is 27.5 Å². The number of halogens is 3. The molecule has 43 heavy (non-hydrogen) atoms. The van der Waals surface area contributed by atoms with Gasteiger partial charge in [-0.15, -0.1) is 0 Å². The number of methoxy groups -OCH3 is 1.